The lowest BCUT2D eigenvalue weighted by Crippen LogP contribution is -2.07. The molecule has 0 aliphatic carbocycles. The number of aromatic nitrogens is 2. The predicted octanol–water partition coefficient (Wildman–Crippen LogP) is 5.82. The zero-order valence-electron chi connectivity index (χ0n) is 19.4. The first-order chi connectivity index (χ1) is 17.6. The van der Waals surface area contributed by atoms with Gasteiger partial charge in [0.25, 0.3) is 5.89 Å². The van der Waals surface area contributed by atoms with E-state index in [1.807, 2.05) is 60.7 Å². The molecule has 0 unspecified atom stereocenters. The molecule has 1 heterocycles. The summed E-state index contributed by atoms with van der Waals surface area (Å²) in [5.74, 6) is 1.03. The highest BCUT2D eigenvalue weighted by Crippen LogP contribution is 2.40. The van der Waals surface area contributed by atoms with Crippen molar-refractivity contribution in [2.75, 3.05) is 7.11 Å². The van der Waals surface area contributed by atoms with Crippen molar-refractivity contribution in [2.24, 2.45) is 0 Å². The first kappa shape index (κ1) is 23.3. The number of nitrogens with zero attached hydrogens (tertiary/aromatic N) is 2. The topological polar surface area (TPSA) is 91.5 Å². The molecule has 0 aliphatic rings. The molecule has 0 spiro atoms. The molecule has 0 bridgehead atoms. The Morgan fingerprint density at radius 1 is 0.806 bits per heavy atom. The molecular weight excluding hydrogens is 476 g/mol. The highest BCUT2D eigenvalue weighted by molar-refractivity contribution is 7.91. The van der Waals surface area contributed by atoms with Crippen molar-refractivity contribution in [3.8, 4) is 34.3 Å². The predicted molar refractivity (Wildman–Crippen MR) is 134 cm³/mol. The van der Waals surface area contributed by atoms with Gasteiger partial charge in [0, 0.05) is 17.2 Å². The summed E-state index contributed by atoms with van der Waals surface area (Å²) < 4.78 is 44.4. The average Bonchev–Trinajstić information content (AvgIpc) is 3.43. The minimum absolute atomic E-state index is 0.0157. The summed E-state index contributed by atoms with van der Waals surface area (Å²) in [6, 6.07) is 30.1. The Hall–Kier alpha value is -4.43. The normalized spacial score (nSPS) is 11.2. The number of hydrogen-bond acceptors (Lipinski definition) is 7. The second kappa shape index (κ2) is 10.1. The van der Waals surface area contributed by atoms with Crippen LogP contribution in [0.15, 0.2) is 117 Å². The van der Waals surface area contributed by atoms with E-state index in [1.54, 1.807) is 24.3 Å². The number of benzene rings is 4. The fraction of sp³-hybridized carbons (Fsp3) is 0.0714. The van der Waals surface area contributed by atoms with E-state index in [-0.39, 0.29) is 39.4 Å². The molecule has 5 aromatic rings. The Morgan fingerprint density at radius 3 is 2.11 bits per heavy atom. The first-order valence-electron chi connectivity index (χ1n) is 11.1. The average molecular weight is 499 g/mol. The third kappa shape index (κ3) is 4.71. The number of sulfone groups is 1. The van der Waals surface area contributed by atoms with Crippen LogP contribution in [0.1, 0.15) is 5.56 Å². The van der Waals surface area contributed by atoms with Crippen LogP contribution in [-0.2, 0) is 16.4 Å². The van der Waals surface area contributed by atoms with Gasteiger partial charge in [0.2, 0.25) is 15.7 Å². The molecule has 0 saturated heterocycles. The molecule has 0 amide bonds. The van der Waals surface area contributed by atoms with Gasteiger partial charge in [0.05, 0.1) is 16.9 Å². The zero-order chi connectivity index (χ0) is 25.0. The van der Waals surface area contributed by atoms with Gasteiger partial charge in [-0.25, -0.2) is 8.42 Å². The van der Waals surface area contributed by atoms with Gasteiger partial charge >= 0.3 is 0 Å². The molecule has 1 aromatic heterocycles. The molecule has 0 radical (unpaired) electrons. The van der Waals surface area contributed by atoms with Crippen molar-refractivity contribution >= 4 is 9.84 Å². The maximum atomic E-state index is 13.7. The zero-order valence-corrected chi connectivity index (χ0v) is 20.2. The van der Waals surface area contributed by atoms with Crippen molar-refractivity contribution in [2.45, 2.75) is 16.4 Å². The third-order valence-corrected chi connectivity index (χ3v) is 7.34. The molecular formula is C28H22N2O5S. The lowest BCUT2D eigenvalue weighted by molar-refractivity contribution is 0.284. The highest BCUT2D eigenvalue weighted by atomic mass is 32.2. The van der Waals surface area contributed by atoms with E-state index >= 15 is 0 Å². The van der Waals surface area contributed by atoms with Crippen LogP contribution in [-0.4, -0.2) is 25.7 Å². The second-order valence-electron chi connectivity index (χ2n) is 7.88. The standard InChI is InChI=1S/C28H22N2O5S/c1-33-24-18-26(36(31,32)22-15-9-4-10-16-22)23(17-25(24)34-19-20-11-5-2-6-12-20)27-29-28(35-30-27)21-13-7-3-8-14-21/h2-18H,19H2,1H3. The van der Waals surface area contributed by atoms with Crippen molar-refractivity contribution in [3.63, 3.8) is 0 Å². The van der Waals surface area contributed by atoms with Gasteiger partial charge in [-0.05, 0) is 35.9 Å². The van der Waals surface area contributed by atoms with E-state index in [1.165, 1.54) is 25.3 Å². The van der Waals surface area contributed by atoms with Crippen LogP contribution >= 0.6 is 0 Å². The fourth-order valence-electron chi connectivity index (χ4n) is 3.70. The van der Waals surface area contributed by atoms with E-state index in [0.717, 1.165) is 11.1 Å². The molecule has 0 atom stereocenters. The van der Waals surface area contributed by atoms with Gasteiger partial charge in [-0.2, -0.15) is 4.98 Å². The Labute approximate surface area is 208 Å². The molecule has 8 heteroatoms. The number of rotatable bonds is 8. The van der Waals surface area contributed by atoms with E-state index in [9.17, 15) is 8.42 Å². The van der Waals surface area contributed by atoms with Crippen LogP contribution in [0.2, 0.25) is 0 Å². The summed E-state index contributed by atoms with van der Waals surface area (Å²) >= 11 is 0. The van der Waals surface area contributed by atoms with Gasteiger partial charge in [0.1, 0.15) is 6.61 Å². The Morgan fingerprint density at radius 2 is 1.44 bits per heavy atom. The van der Waals surface area contributed by atoms with E-state index < -0.39 is 9.84 Å². The van der Waals surface area contributed by atoms with Crippen LogP contribution in [0.25, 0.3) is 22.8 Å². The number of ether oxygens (including phenoxy) is 2. The van der Waals surface area contributed by atoms with E-state index in [4.69, 9.17) is 14.0 Å². The molecule has 7 nitrogen and oxygen atoms in total. The summed E-state index contributed by atoms with van der Waals surface area (Å²) in [4.78, 5) is 4.62. The van der Waals surface area contributed by atoms with Crippen molar-refractivity contribution in [1.29, 1.82) is 0 Å². The summed E-state index contributed by atoms with van der Waals surface area (Å²) in [6.45, 7) is 0.267. The van der Waals surface area contributed by atoms with Gasteiger partial charge in [0.15, 0.2) is 11.5 Å². The quantitative estimate of drug-likeness (QED) is 0.266. The maximum Gasteiger partial charge on any atom is 0.258 e. The molecule has 0 saturated carbocycles. The molecule has 5 rings (SSSR count). The van der Waals surface area contributed by atoms with E-state index in [0.29, 0.717) is 5.75 Å². The van der Waals surface area contributed by atoms with Gasteiger partial charge in [-0.3, -0.25) is 0 Å². The monoisotopic (exact) mass is 498 g/mol. The van der Waals surface area contributed by atoms with Crippen molar-refractivity contribution in [3.05, 3.63) is 109 Å². The maximum absolute atomic E-state index is 13.7. The molecule has 4 aromatic carbocycles. The fourth-order valence-corrected chi connectivity index (χ4v) is 5.17. The number of methoxy groups -OCH3 is 1. The van der Waals surface area contributed by atoms with Gasteiger partial charge in [-0.1, -0.05) is 71.9 Å². The van der Waals surface area contributed by atoms with Crippen LogP contribution in [0.5, 0.6) is 11.5 Å². The molecule has 0 fully saturated rings. The Kier molecular flexibility index (Phi) is 6.51. The highest BCUT2D eigenvalue weighted by Gasteiger charge is 2.27. The van der Waals surface area contributed by atoms with E-state index in [2.05, 4.69) is 10.1 Å². The lowest BCUT2D eigenvalue weighted by atomic mass is 10.1. The molecule has 0 N–H and O–H groups in total. The minimum atomic E-state index is -3.95. The summed E-state index contributed by atoms with van der Waals surface area (Å²) in [5.41, 5.74) is 1.92. The molecule has 180 valence electrons. The largest absolute Gasteiger partial charge is 0.493 e. The first-order valence-corrected chi connectivity index (χ1v) is 12.6. The third-order valence-electron chi connectivity index (χ3n) is 5.53. The van der Waals surface area contributed by atoms with Crippen molar-refractivity contribution < 1.29 is 22.4 Å². The summed E-state index contributed by atoms with van der Waals surface area (Å²) in [6.07, 6.45) is 0. The second-order valence-corrected chi connectivity index (χ2v) is 9.80. The Balaban J connectivity index is 1.64. The van der Waals surface area contributed by atoms with Gasteiger partial charge < -0.3 is 14.0 Å². The number of hydrogen-bond donors (Lipinski definition) is 0. The minimum Gasteiger partial charge on any atom is -0.493 e. The summed E-state index contributed by atoms with van der Waals surface area (Å²) in [7, 11) is -2.48. The summed E-state index contributed by atoms with van der Waals surface area (Å²) in [5, 5.41) is 4.10. The SMILES string of the molecule is COc1cc(S(=O)(=O)c2ccccc2)c(-c2noc(-c3ccccc3)n2)cc1OCc1ccccc1. The van der Waals surface area contributed by atoms with Crippen LogP contribution in [0.4, 0.5) is 0 Å². The van der Waals surface area contributed by atoms with Crippen LogP contribution in [0, 0.1) is 0 Å². The smallest absolute Gasteiger partial charge is 0.258 e. The molecule has 36 heavy (non-hydrogen) atoms. The lowest BCUT2D eigenvalue weighted by Gasteiger charge is -2.15. The van der Waals surface area contributed by atoms with Crippen molar-refractivity contribution in [1.82, 2.24) is 10.1 Å². The van der Waals surface area contributed by atoms with Crippen LogP contribution in [0.3, 0.4) is 0 Å². The molecule has 0 aliphatic heterocycles. The van der Waals surface area contributed by atoms with Gasteiger partial charge in [-0.15, -0.1) is 0 Å². The van der Waals surface area contributed by atoms with Crippen LogP contribution < -0.4 is 9.47 Å². The Bertz CT molecular complexity index is 1570.